The molecule has 0 aliphatic carbocycles. The first kappa shape index (κ1) is 20.8. The number of anilines is 1. The van der Waals surface area contributed by atoms with Gasteiger partial charge in [0, 0.05) is 23.7 Å². The number of nitrogens with one attached hydrogen (secondary N) is 1. The average molecular weight is 469 g/mol. The fraction of sp³-hybridized carbons (Fsp3) is 0.261. The lowest BCUT2D eigenvalue weighted by Crippen LogP contribution is -2.13. The summed E-state index contributed by atoms with van der Waals surface area (Å²) in [7, 11) is 1.60. The van der Waals surface area contributed by atoms with Crippen LogP contribution in [0, 0.1) is 6.92 Å². The van der Waals surface area contributed by atoms with Crippen molar-refractivity contribution in [1.29, 1.82) is 0 Å². The summed E-state index contributed by atoms with van der Waals surface area (Å²) in [6.45, 7) is 3.02. The standard InChI is InChI=1S/C23H21ClN4O3S/c1-13-20(32-22(25-13)16-7-5-14(24)10-19(16)30-2)12-31-23(29)26-15-6-8-18-17(11-15)27-21-4-3-9-28(18)21/h5-8,10-11H,3-4,9,12H2,1-2H3,(H,26,29). The minimum absolute atomic E-state index is 0.131. The number of hydrogen-bond acceptors (Lipinski definition) is 6. The highest BCUT2D eigenvalue weighted by Gasteiger charge is 2.17. The van der Waals surface area contributed by atoms with E-state index < -0.39 is 6.09 Å². The minimum atomic E-state index is -0.519. The molecule has 0 radical (unpaired) electrons. The summed E-state index contributed by atoms with van der Waals surface area (Å²) in [5.74, 6) is 1.76. The third kappa shape index (κ3) is 3.91. The fourth-order valence-electron chi connectivity index (χ4n) is 3.90. The summed E-state index contributed by atoms with van der Waals surface area (Å²) >= 11 is 7.51. The maximum absolute atomic E-state index is 12.4. The molecule has 0 atom stereocenters. The number of halogens is 1. The van der Waals surface area contributed by atoms with Crippen molar-refractivity contribution in [2.75, 3.05) is 12.4 Å². The van der Waals surface area contributed by atoms with E-state index >= 15 is 0 Å². The van der Waals surface area contributed by atoms with Gasteiger partial charge in [0.05, 0.1) is 34.3 Å². The molecule has 0 bridgehead atoms. The Morgan fingerprint density at radius 2 is 2.12 bits per heavy atom. The van der Waals surface area contributed by atoms with Gasteiger partial charge in [0.15, 0.2) is 0 Å². The Hall–Kier alpha value is -3.10. The zero-order valence-electron chi connectivity index (χ0n) is 17.6. The normalized spacial score (nSPS) is 12.7. The van der Waals surface area contributed by atoms with Crippen LogP contribution in [0.1, 0.15) is 22.8 Å². The van der Waals surface area contributed by atoms with Gasteiger partial charge in [0.2, 0.25) is 0 Å². The van der Waals surface area contributed by atoms with Crippen LogP contribution in [0.15, 0.2) is 36.4 Å². The van der Waals surface area contributed by atoms with Gasteiger partial charge >= 0.3 is 6.09 Å². The van der Waals surface area contributed by atoms with Crippen LogP contribution < -0.4 is 10.1 Å². The van der Waals surface area contributed by atoms with Crippen molar-refractivity contribution in [2.45, 2.75) is 32.9 Å². The number of rotatable bonds is 5. The van der Waals surface area contributed by atoms with Crippen LogP contribution in [0.3, 0.4) is 0 Å². The number of carbonyl (C=O) groups excluding carboxylic acids is 1. The van der Waals surface area contributed by atoms with E-state index in [9.17, 15) is 4.79 Å². The number of methoxy groups -OCH3 is 1. The van der Waals surface area contributed by atoms with Gasteiger partial charge in [0.25, 0.3) is 0 Å². The second-order valence-corrected chi connectivity index (χ2v) is 9.08. The molecule has 9 heteroatoms. The lowest BCUT2D eigenvalue weighted by atomic mass is 10.2. The van der Waals surface area contributed by atoms with Gasteiger partial charge in [-0.15, -0.1) is 11.3 Å². The molecule has 2 aromatic carbocycles. The summed E-state index contributed by atoms with van der Waals surface area (Å²) in [5.41, 5.74) is 4.30. The minimum Gasteiger partial charge on any atom is -0.496 e. The first-order valence-electron chi connectivity index (χ1n) is 10.2. The summed E-state index contributed by atoms with van der Waals surface area (Å²) in [4.78, 5) is 22.5. The van der Waals surface area contributed by atoms with Crippen LogP contribution in [0.25, 0.3) is 21.6 Å². The summed E-state index contributed by atoms with van der Waals surface area (Å²) in [5, 5.41) is 4.17. The molecule has 7 nitrogen and oxygen atoms in total. The number of amides is 1. The zero-order chi connectivity index (χ0) is 22.2. The summed E-state index contributed by atoms with van der Waals surface area (Å²) in [6, 6.07) is 11.2. The number of ether oxygens (including phenoxy) is 2. The van der Waals surface area contributed by atoms with Gasteiger partial charge in [-0.05, 0) is 49.7 Å². The van der Waals surface area contributed by atoms with E-state index in [2.05, 4.69) is 19.9 Å². The molecule has 1 aliphatic heterocycles. The van der Waals surface area contributed by atoms with E-state index in [0.717, 1.165) is 57.4 Å². The molecule has 32 heavy (non-hydrogen) atoms. The molecule has 2 aromatic heterocycles. The van der Waals surface area contributed by atoms with Crippen molar-refractivity contribution in [3.05, 3.63) is 57.8 Å². The summed E-state index contributed by atoms with van der Waals surface area (Å²) in [6.07, 6.45) is 1.61. The third-order valence-corrected chi connectivity index (χ3v) is 6.88. The van der Waals surface area contributed by atoms with Crippen LogP contribution in [0.5, 0.6) is 5.75 Å². The maximum Gasteiger partial charge on any atom is 0.411 e. The van der Waals surface area contributed by atoms with E-state index in [0.29, 0.717) is 16.5 Å². The Morgan fingerprint density at radius 1 is 1.25 bits per heavy atom. The van der Waals surface area contributed by atoms with Crippen molar-refractivity contribution in [3.8, 4) is 16.3 Å². The molecule has 0 spiro atoms. The second kappa shape index (κ2) is 8.44. The number of aromatic nitrogens is 3. The fourth-order valence-corrected chi connectivity index (χ4v) is 5.06. The Balaban J connectivity index is 1.26. The van der Waals surface area contributed by atoms with Gasteiger partial charge in [-0.2, -0.15) is 0 Å². The quantitative estimate of drug-likeness (QED) is 0.399. The highest BCUT2D eigenvalue weighted by atomic mass is 35.5. The van der Waals surface area contributed by atoms with Crippen LogP contribution in [0.4, 0.5) is 10.5 Å². The van der Waals surface area contributed by atoms with Gasteiger partial charge in [-0.25, -0.2) is 14.8 Å². The van der Waals surface area contributed by atoms with E-state index in [1.807, 2.05) is 31.2 Å². The number of thiazole rings is 1. The van der Waals surface area contributed by atoms with E-state index in [-0.39, 0.29) is 6.61 Å². The predicted molar refractivity (Wildman–Crippen MR) is 126 cm³/mol. The number of carbonyl (C=O) groups is 1. The Labute approximate surface area is 194 Å². The molecule has 5 rings (SSSR count). The monoisotopic (exact) mass is 468 g/mol. The van der Waals surface area contributed by atoms with Crippen molar-refractivity contribution < 1.29 is 14.3 Å². The first-order chi connectivity index (χ1) is 15.5. The molecule has 4 aromatic rings. The van der Waals surface area contributed by atoms with Crippen LogP contribution in [-0.2, 0) is 24.3 Å². The molecule has 1 aliphatic rings. The van der Waals surface area contributed by atoms with Crippen molar-refractivity contribution >= 4 is 45.8 Å². The van der Waals surface area contributed by atoms with Crippen molar-refractivity contribution in [2.24, 2.45) is 0 Å². The van der Waals surface area contributed by atoms with Gasteiger partial charge < -0.3 is 14.0 Å². The highest BCUT2D eigenvalue weighted by molar-refractivity contribution is 7.15. The molecular weight excluding hydrogens is 448 g/mol. The SMILES string of the molecule is COc1cc(Cl)ccc1-c1nc(C)c(COC(=O)Nc2ccc3c(c2)nc2n3CCC2)s1. The lowest BCUT2D eigenvalue weighted by molar-refractivity contribution is 0.156. The van der Waals surface area contributed by atoms with Crippen LogP contribution >= 0.6 is 22.9 Å². The Kier molecular flexibility index (Phi) is 5.48. The van der Waals surface area contributed by atoms with Gasteiger partial charge in [-0.1, -0.05) is 11.6 Å². The van der Waals surface area contributed by atoms with Crippen LogP contribution in [-0.4, -0.2) is 27.7 Å². The number of aryl methyl sites for hydroxylation is 3. The van der Waals surface area contributed by atoms with Gasteiger partial charge in [-0.3, -0.25) is 5.32 Å². The average Bonchev–Trinajstić information content (AvgIpc) is 3.46. The molecule has 0 fully saturated rings. The lowest BCUT2D eigenvalue weighted by Gasteiger charge is -2.07. The highest BCUT2D eigenvalue weighted by Crippen LogP contribution is 2.36. The largest absolute Gasteiger partial charge is 0.496 e. The van der Waals surface area contributed by atoms with Crippen molar-refractivity contribution in [1.82, 2.24) is 14.5 Å². The number of benzene rings is 2. The molecule has 3 heterocycles. The number of fused-ring (bicyclic) bond motifs is 3. The zero-order valence-corrected chi connectivity index (χ0v) is 19.2. The van der Waals surface area contributed by atoms with Gasteiger partial charge in [0.1, 0.15) is 23.2 Å². The van der Waals surface area contributed by atoms with E-state index in [4.69, 9.17) is 21.1 Å². The maximum atomic E-state index is 12.4. The molecule has 1 amide bonds. The molecule has 0 unspecified atom stereocenters. The Bertz CT molecular complexity index is 1330. The second-order valence-electron chi connectivity index (χ2n) is 7.56. The third-order valence-electron chi connectivity index (χ3n) is 5.48. The smallest absolute Gasteiger partial charge is 0.411 e. The van der Waals surface area contributed by atoms with E-state index in [1.165, 1.54) is 11.3 Å². The van der Waals surface area contributed by atoms with Crippen LogP contribution in [0.2, 0.25) is 5.02 Å². The number of imidazole rings is 1. The number of nitrogens with zero attached hydrogens (tertiary/aromatic N) is 3. The summed E-state index contributed by atoms with van der Waals surface area (Å²) < 4.78 is 13.1. The Morgan fingerprint density at radius 3 is 2.97 bits per heavy atom. The number of hydrogen-bond donors (Lipinski definition) is 1. The molecule has 1 N–H and O–H groups in total. The van der Waals surface area contributed by atoms with Crippen molar-refractivity contribution in [3.63, 3.8) is 0 Å². The van der Waals surface area contributed by atoms with E-state index in [1.54, 1.807) is 19.2 Å². The molecule has 0 saturated carbocycles. The predicted octanol–water partition coefficient (Wildman–Crippen LogP) is 5.83. The molecular formula is C23H21ClN4O3S. The topological polar surface area (TPSA) is 78.3 Å². The molecule has 164 valence electrons. The molecule has 0 saturated heterocycles. The first-order valence-corrected chi connectivity index (χ1v) is 11.4.